The number of pyridine rings is 1. The van der Waals surface area contributed by atoms with Gasteiger partial charge < -0.3 is 4.98 Å². The number of aromatic nitrogens is 2. The number of nitrogens with zero attached hydrogens (tertiary/aromatic N) is 1. The lowest BCUT2D eigenvalue weighted by atomic mass is 10.0. The second-order valence-corrected chi connectivity index (χ2v) is 4.57. The zero-order valence-corrected chi connectivity index (χ0v) is 10.5. The molecule has 3 aromatic rings. The Balaban J connectivity index is 2.12. The van der Waals surface area contributed by atoms with Gasteiger partial charge in [-0.25, -0.2) is 0 Å². The second-order valence-electron chi connectivity index (χ2n) is 4.57. The van der Waals surface area contributed by atoms with E-state index in [2.05, 4.69) is 47.4 Å². The van der Waals surface area contributed by atoms with Gasteiger partial charge in [0.05, 0.1) is 0 Å². The largest absolute Gasteiger partial charge is 0.361 e. The summed E-state index contributed by atoms with van der Waals surface area (Å²) in [6.45, 7) is 2.21. The number of rotatable bonds is 3. The quantitative estimate of drug-likeness (QED) is 0.726. The fourth-order valence-electron chi connectivity index (χ4n) is 2.37. The fraction of sp³-hybridized carbons (Fsp3) is 0.188. The zero-order valence-electron chi connectivity index (χ0n) is 10.5. The van der Waals surface area contributed by atoms with Crippen LogP contribution in [0.1, 0.15) is 18.9 Å². The van der Waals surface area contributed by atoms with Gasteiger partial charge in [0.25, 0.3) is 0 Å². The second kappa shape index (κ2) is 4.65. The maximum Gasteiger partial charge on any atom is 0.0457 e. The van der Waals surface area contributed by atoms with Gasteiger partial charge >= 0.3 is 0 Å². The molecule has 1 aromatic carbocycles. The first kappa shape index (κ1) is 11.0. The van der Waals surface area contributed by atoms with Gasteiger partial charge in [-0.05, 0) is 35.7 Å². The predicted octanol–water partition coefficient (Wildman–Crippen LogP) is 4.18. The average molecular weight is 236 g/mol. The van der Waals surface area contributed by atoms with Crippen LogP contribution in [0.5, 0.6) is 0 Å². The first-order chi connectivity index (χ1) is 8.88. The Labute approximate surface area is 107 Å². The molecular weight excluding hydrogens is 220 g/mol. The molecule has 0 saturated heterocycles. The van der Waals surface area contributed by atoms with Crippen LogP contribution in [0.4, 0.5) is 0 Å². The Kier molecular flexibility index (Phi) is 2.85. The van der Waals surface area contributed by atoms with Gasteiger partial charge in [0, 0.05) is 35.1 Å². The Bertz CT molecular complexity index is 653. The normalized spacial score (nSPS) is 10.9. The van der Waals surface area contributed by atoms with Crippen LogP contribution in [0.2, 0.25) is 0 Å². The molecule has 2 aromatic heterocycles. The van der Waals surface area contributed by atoms with Crippen LogP contribution in [0.25, 0.3) is 22.0 Å². The summed E-state index contributed by atoms with van der Waals surface area (Å²) in [6.07, 6.45) is 8.13. The first-order valence-electron chi connectivity index (χ1n) is 6.39. The summed E-state index contributed by atoms with van der Waals surface area (Å²) < 4.78 is 0. The molecule has 0 aliphatic carbocycles. The van der Waals surface area contributed by atoms with E-state index in [0.29, 0.717) is 0 Å². The minimum absolute atomic E-state index is 1.12. The van der Waals surface area contributed by atoms with Gasteiger partial charge in [0.15, 0.2) is 0 Å². The standard InChI is InChI=1S/C16H16N2/c1-2-4-14-11-18-16-7-6-12(9-15(14)16)13-5-3-8-17-10-13/h3,5-11,18H,2,4H2,1H3. The highest BCUT2D eigenvalue weighted by Crippen LogP contribution is 2.26. The Morgan fingerprint density at radius 2 is 2.11 bits per heavy atom. The summed E-state index contributed by atoms with van der Waals surface area (Å²) in [5.74, 6) is 0. The molecule has 2 heterocycles. The maximum absolute atomic E-state index is 4.18. The topological polar surface area (TPSA) is 28.7 Å². The van der Waals surface area contributed by atoms with Gasteiger partial charge in [0.2, 0.25) is 0 Å². The van der Waals surface area contributed by atoms with Crippen LogP contribution < -0.4 is 0 Å². The summed E-state index contributed by atoms with van der Waals surface area (Å²) in [4.78, 5) is 7.52. The summed E-state index contributed by atoms with van der Waals surface area (Å²) in [5, 5.41) is 1.33. The van der Waals surface area contributed by atoms with Gasteiger partial charge in [0.1, 0.15) is 0 Å². The molecule has 0 unspecified atom stereocenters. The van der Waals surface area contributed by atoms with Crippen molar-refractivity contribution in [2.75, 3.05) is 0 Å². The van der Waals surface area contributed by atoms with Crippen molar-refractivity contribution < 1.29 is 0 Å². The highest BCUT2D eigenvalue weighted by molar-refractivity contribution is 5.87. The maximum atomic E-state index is 4.18. The monoisotopic (exact) mass is 236 g/mol. The van der Waals surface area contributed by atoms with Crippen molar-refractivity contribution in [3.63, 3.8) is 0 Å². The van der Waals surface area contributed by atoms with Crippen molar-refractivity contribution in [1.82, 2.24) is 9.97 Å². The molecule has 0 fully saturated rings. The van der Waals surface area contributed by atoms with E-state index in [4.69, 9.17) is 0 Å². The van der Waals surface area contributed by atoms with Gasteiger partial charge in [-0.15, -0.1) is 0 Å². The van der Waals surface area contributed by atoms with Crippen LogP contribution in [-0.4, -0.2) is 9.97 Å². The van der Waals surface area contributed by atoms with Gasteiger partial charge in [-0.1, -0.05) is 25.5 Å². The van der Waals surface area contributed by atoms with E-state index in [1.807, 2.05) is 12.3 Å². The lowest BCUT2D eigenvalue weighted by molar-refractivity contribution is 0.929. The molecule has 0 radical (unpaired) electrons. The molecule has 1 N–H and O–H groups in total. The minimum Gasteiger partial charge on any atom is -0.361 e. The highest BCUT2D eigenvalue weighted by atomic mass is 14.7. The molecule has 0 bridgehead atoms. The lowest BCUT2D eigenvalue weighted by Gasteiger charge is -2.02. The number of nitrogens with one attached hydrogen (secondary N) is 1. The highest BCUT2D eigenvalue weighted by Gasteiger charge is 2.05. The molecule has 0 spiro atoms. The molecular formula is C16H16N2. The third kappa shape index (κ3) is 1.90. The Hall–Kier alpha value is -2.09. The van der Waals surface area contributed by atoms with E-state index in [9.17, 15) is 0 Å². The molecule has 18 heavy (non-hydrogen) atoms. The molecule has 0 amide bonds. The molecule has 0 saturated carbocycles. The SMILES string of the molecule is CCCc1c[nH]c2ccc(-c3cccnc3)cc12. The van der Waals surface area contributed by atoms with E-state index >= 15 is 0 Å². The Morgan fingerprint density at radius 1 is 1.17 bits per heavy atom. The molecule has 0 aliphatic heterocycles. The molecule has 0 aliphatic rings. The summed E-state index contributed by atoms with van der Waals surface area (Å²) in [7, 11) is 0. The number of H-pyrrole nitrogens is 1. The number of aryl methyl sites for hydroxylation is 1. The van der Waals surface area contributed by atoms with Crippen molar-refractivity contribution in [3.8, 4) is 11.1 Å². The third-order valence-corrected chi connectivity index (χ3v) is 3.28. The number of benzene rings is 1. The lowest BCUT2D eigenvalue weighted by Crippen LogP contribution is -1.82. The number of fused-ring (bicyclic) bond motifs is 1. The average Bonchev–Trinajstić information content (AvgIpc) is 2.83. The van der Waals surface area contributed by atoms with Crippen molar-refractivity contribution in [2.24, 2.45) is 0 Å². The van der Waals surface area contributed by atoms with Crippen molar-refractivity contribution in [3.05, 3.63) is 54.5 Å². The zero-order chi connectivity index (χ0) is 12.4. The molecule has 90 valence electrons. The molecule has 2 nitrogen and oxygen atoms in total. The summed E-state index contributed by atoms with van der Waals surface area (Å²) in [6, 6.07) is 10.6. The summed E-state index contributed by atoms with van der Waals surface area (Å²) in [5.41, 5.74) is 5.01. The van der Waals surface area contributed by atoms with Crippen LogP contribution >= 0.6 is 0 Å². The van der Waals surface area contributed by atoms with E-state index in [0.717, 1.165) is 6.42 Å². The number of hydrogen-bond acceptors (Lipinski definition) is 1. The fourth-order valence-corrected chi connectivity index (χ4v) is 2.37. The van der Waals surface area contributed by atoms with Crippen LogP contribution in [0.3, 0.4) is 0 Å². The van der Waals surface area contributed by atoms with Crippen molar-refractivity contribution in [1.29, 1.82) is 0 Å². The van der Waals surface area contributed by atoms with E-state index in [-0.39, 0.29) is 0 Å². The summed E-state index contributed by atoms with van der Waals surface area (Å²) >= 11 is 0. The Morgan fingerprint density at radius 3 is 2.89 bits per heavy atom. The smallest absolute Gasteiger partial charge is 0.0457 e. The van der Waals surface area contributed by atoms with E-state index < -0.39 is 0 Å². The van der Waals surface area contributed by atoms with Crippen LogP contribution in [0.15, 0.2) is 48.9 Å². The van der Waals surface area contributed by atoms with Crippen molar-refractivity contribution in [2.45, 2.75) is 19.8 Å². The van der Waals surface area contributed by atoms with Gasteiger partial charge in [-0.3, -0.25) is 4.98 Å². The van der Waals surface area contributed by atoms with E-state index in [1.54, 1.807) is 6.20 Å². The minimum atomic E-state index is 1.12. The van der Waals surface area contributed by atoms with Crippen LogP contribution in [0, 0.1) is 0 Å². The van der Waals surface area contributed by atoms with Gasteiger partial charge in [-0.2, -0.15) is 0 Å². The van der Waals surface area contributed by atoms with Crippen LogP contribution in [-0.2, 0) is 6.42 Å². The molecule has 0 atom stereocenters. The predicted molar refractivity (Wildman–Crippen MR) is 75.5 cm³/mol. The van der Waals surface area contributed by atoms with Crippen molar-refractivity contribution >= 4 is 10.9 Å². The number of aromatic amines is 1. The first-order valence-corrected chi connectivity index (χ1v) is 6.39. The number of hydrogen-bond donors (Lipinski definition) is 1. The molecule has 2 heteroatoms. The van der Waals surface area contributed by atoms with E-state index in [1.165, 1.54) is 34.0 Å². The third-order valence-electron chi connectivity index (χ3n) is 3.28. The molecule has 3 rings (SSSR count).